The number of hydrogen-bond acceptors (Lipinski definition) is 2. The first kappa shape index (κ1) is 12.9. The molecule has 1 saturated heterocycles. The van der Waals surface area contributed by atoms with Crippen LogP contribution in [0.2, 0.25) is 5.02 Å². The van der Waals surface area contributed by atoms with Gasteiger partial charge in [0.25, 0.3) is 0 Å². The highest BCUT2D eigenvalue weighted by molar-refractivity contribution is 6.30. The summed E-state index contributed by atoms with van der Waals surface area (Å²) in [5.41, 5.74) is 1.32. The minimum absolute atomic E-state index is 0.674. The van der Waals surface area contributed by atoms with Crippen molar-refractivity contribution < 1.29 is 0 Å². The van der Waals surface area contributed by atoms with E-state index < -0.39 is 0 Å². The second kappa shape index (κ2) is 6.39. The average Bonchev–Trinajstić information content (AvgIpc) is 2.32. The first-order valence-corrected chi connectivity index (χ1v) is 6.80. The molecule has 1 unspecified atom stereocenters. The third-order valence-electron chi connectivity index (χ3n) is 3.46. The fourth-order valence-corrected chi connectivity index (χ4v) is 2.82. The maximum Gasteiger partial charge on any atom is 0.0409 e. The molecule has 0 amide bonds. The fourth-order valence-electron chi connectivity index (χ4n) is 2.60. The van der Waals surface area contributed by atoms with E-state index in [-0.39, 0.29) is 0 Å². The molecular formula is C14H21ClN2. The number of piperidine rings is 1. The van der Waals surface area contributed by atoms with Gasteiger partial charge in [-0.1, -0.05) is 30.2 Å². The number of likely N-dealkylation sites (tertiary alicyclic amines) is 1. The zero-order valence-electron chi connectivity index (χ0n) is 10.5. The first-order chi connectivity index (χ1) is 8.29. The van der Waals surface area contributed by atoms with Crippen molar-refractivity contribution in [3.8, 4) is 0 Å². The molecular weight excluding hydrogens is 232 g/mol. The predicted octanol–water partition coefficient (Wildman–Crippen LogP) is 2.91. The smallest absolute Gasteiger partial charge is 0.0409 e. The van der Waals surface area contributed by atoms with E-state index in [1.54, 1.807) is 0 Å². The molecule has 1 N–H and O–H groups in total. The van der Waals surface area contributed by atoms with Gasteiger partial charge in [-0.2, -0.15) is 0 Å². The lowest BCUT2D eigenvalue weighted by molar-refractivity contribution is 0.139. The van der Waals surface area contributed by atoms with E-state index in [4.69, 9.17) is 11.6 Å². The Morgan fingerprint density at radius 2 is 2.29 bits per heavy atom. The Hall–Kier alpha value is -0.570. The van der Waals surface area contributed by atoms with Gasteiger partial charge in [-0.3, -0.25) is 4.90 Å². The lowest BCUT2D eigenvalue weighted by atomic mass is 10.0. The van der Waals surface area contributed by atoms with Crippen LogP contribution >= 0.6 is 11.6 Å². The summed E-state index contributed by atoms with van der Waals surface area (Å²) in [6, 6.07) is 8.89. The standard InChI is InChI=1S/C14H21ClN2/c1-16-10-14-7-2-3-8-17(14)11-12-5-4-6-13(15)9-12/h4-6,9,14,16H,2-3,7-8,10-11H2,1H3. The maximum absolute atomic E-state index is 6.03. The number of hydrogen-bond donors (Lipinski definition) is 1. The number of rotatable bonds is 4. The first-order valence-electron chi connectivity index (χ1n) is 6.42. The van der Waals surface area contributed by atoms with E-state index in [0.717, 1.165) is 18.1 Å². The zero-order valence-corrected chi connectivity index (χ0v) is 11.2. The summed E-state index contributed by atoms with van der Waals surface area (Å²) in [5, 5.41) is 4.13. The minimum Gasteiger partial charge on any atom is -0.318 e. The Balaban J connectivity index is 2.00. The van der Waals surface area contributed by atoms with Gasteiger partial charge in [0.15, 0.2) is 0 Å². The van der Waals surface area contributed by atoms with Gasteiger partial charge in [-0.05, 0) is 44.1 Å². The van der Waals surface area contributed by atoms with E-state index in [1.807, 2.05) is 19.2 Å². The van der Waals surface area contributed by atoms with Gasteiger partial charge in [0.05, 0.1) is 0 Å². The molecule has 1 aromatic carbocycles. The van der Waals surface area contributed by atoms with Gasteiger partial charge >= 0.3 is 0 Å². The molecule has 0 spiro atoms. The van der Waals surface area contributed by atoms with Crippen LogP contribution in [0.3, 0.4) is 0 Å². The second-order valence-electron chi connectivity index (χ2n) is 4.81. The van der Waals surface area contributed by atoms with Crippen LogP contribution in [-0.2, 0) is 6.54 Å². The summed E-state index contributed by atoms with van der Waals surface area (Å²) in [5.74, 6) is 0. The highest BCUT2D eigenvalue weighted by Crippen LogP contribution is 2.20. The van der Waals surface area contributed by atoms with Crippen LogP contribution < -0.4 is 5.32 Å². The monoisotopic (exact) mass is 252 g/mol. The van der Waals surface area contributed by atoms with Gasteiger partial charge < -0.3 is 5.32 Å². The predicted molar refractivity (Wildman–Crippen MR) is 73.4 cm³/mol. The number of halogens is 1. The van der Waals surface area contributed by atoms with Gasteiger partial charge in [-0.25, -0.2) is 0 Å². The van der Waals surface area contributed by atoms with E-state index in [2.05, 4.69) is 22.3 Å². The van der Waals surface area contributed by atoms with Crippen LogP contribution in [0.1, 0.15) is 24.8 Å². The van der Waals surface area contributed by atoms with Crippen molar-refractivity contribution in [2.45, 2.75) is 31.8 Å². The van der Waals surface area contributed by atoms with Crippen LogP contribution in [0.5, 0.6) is 0 Å². The highest BCUT2D eigenvalue weighted by atomic mass is 35.5. The third-order valence-corrected chi connectivity index (χ3v) is 3.70. The summed E-state index contributed by atoms with van der Waals surface area (Å²) < 4.78 is 0. The number of nitrogens with zero attached hydrogens (tertiary/aromatic N) is 1. The molecule has 17 heavy (non-hydrogen) atoms. The van der Waals surface area contributed by atoms with Crippen molar-refractivity contribution in [1.29, 1.82) is 0 Å². The second-order valence-corrected chi connectivity index (χ2v) is 5.24. The van der Waals surface area contributed by atoms with Crippen molar-refractivity contribution in [2.24, 2.45) is 0 Å². The molecule has 94 valence electrons. The average molecular weight is 253 g/mol. The van der Waals surface area contributed by atoms with Crippen LogP contribution in [0.4, 0.5) is 0 Å². The highest BCUT2D eigenvalue weighted by Gasteiger charge is 2.21. The van der Waals surface area contributed by atoms with Crippen LogP contribution in [0.15, 0.2) is 24.3 Å². The SMILES string of the molecule is CNCC1CCCCN1Cc1cccc(Cl)c1. The fraction of sp³-hybridized carbons (Fsp3) is 0.571. The molecule has 1 fully saturated rings. The minimum atomic E-state index is 0.674. The lowest BCUT2D eigenvalue weighted by Crippen LogP contribution is -2.44. The van der Waals surface area contributed by atoms with Crippen molar-refractivity contribution in [1.82, 2.24) is 10.2 Å². The molecule has 0 radical (unpaired) electrons. The number of likely N-dealkylation sites (N-methyl/N-ethyl adjacent to an activating group) is 1. The van der Waals surface area contributed by atoms with Crippen LogP contribution in [-0.4, -0.2) is 31.1 Å². The molecule has 1 heterocycles. The molecule has 1 aromatic rings. The van der Waals surface area contributed by atoms with Crippen molar-refractivity contribution in [3.05, 3.63) is 34.9 Å². The summed E-state index contributed by atoms with van der Waals surface area (Å²) in [6.45, 7) is 3.31. The molecule has 2 rings (SSSR count). The van der Waals surface area contributed by atoms with Crippen LogP contribution in [0, 0.1) is 0 Å². The quantitative estimate of drug-likeness (QED) is 0.887. The molecule has 0 saturated carbocycles. The van der Waals surface area contributed by atoms with Gasteiger partial charge in [-0.15, -0.1) is 0 Å². The summed E-state index contributed by atoms with van der Waals surface area (Å²) >= 11 is 6.03. The molecule has 0 bridgehead atoms. The summed E-state index contributed by atoms with van der Waals surface area (Å²) in [7, 11) is 2.03. The Morgan fingerprint density at radius 3 is 3.06 bits per heavy atom. The van der Waals surface area contributed by atoms with E-state index in [1.165, 1.54) is 31.4 Å². The van der Waals surface area contributed by atoms with Crippen molar-refractivity contribution in [3.63, 3.8) is 0 Å². The van der Waals surface area contributed by atoms with Gasteiger partial charge in [0, 0.05) is 24.2 Å². The Kier molecular flexibility index (Phi) is 4.84. The number of benzene rings is 1. The molecule has 2 nitrogen and oxygen atoms in total. The van der Waals surface area contributed by atoms with Gasteiger partial charge in [0.2, 0.25) is 0 Å². The molecule has 1 aliphatic rings. The van der Waals surface area contributed by atoms with Gasteiger partial charge in [0.1, 0.15) is 0 Å². The lowest BCUT2D eigenvalue weighted by Gasteiger charge is -2.35. The molecule has 0 aliphatic carbocycles. The normalized spacial score (nSPS) is 21.6. The molecule has 1 aliphatic heterocycles. The third kappa shape index (κ3) is 3.70. The zero-order chi connectivity index (χ0) is 12.1. The van der Waals surface area contributed by atoms with Crippen molar-refractivity contribution in [2.75, 3.05) is 20.1 Å². The molecule has 3 heteroatoms. The topological polar surface area (TPSA) is 15.3 Å². The van der Waals surface area contributed by atoms with Crippen molar-refractivity contribution >= 4 is 11.6 Å². The van der Waals surface area contributed by atoms with E-state index in [9.17, 15) is 0 Å². The molecule has 1 atom stereocenters. The van der Waals surface area contributed by atoms with Crippen LogP contribution in [0.25, 0.3) is 0 Å². The van der Waals surface area contributed by atoms with E-state index in [0.29, 0.717) is 6.04 Å². The Morgan fingerprint density at radius 1 is 1.41 bits per heavy atom. The summed E-state index contributed by atoms with van der Waals surface area (Å²) in [6.07, 6.45) is 3.99. The Bertz CT molecular complexity index is 352. The largest absolute Gasteiger partial charge is 0.318 e. The maximum atomic E-state index is 6.03. The molecule has 0 aromatic heterocycles. The number of nitrogens with one attached hydrogen (secondary N) is 1. The Labute approximate surface area is 109 Å². The summed E-state index contributed by atoms with van der Waals surface area (Å²) in [4.78, 5) is 2.58. The van der Waals surface area contributed by atoms with E-state index >= 15 is 0 Å².